The Morgan fingerprint density at radius 1 is 0.800 bits per heavy atom. The van der Waals surface area contributed by atoms with Crippen LogP contribution in [0.3, 0.4) is 0 Å². The van der Waals surface area contributed by atoms with Gasteiger partial charge in [-0.3, -0.25) is 4.99 Å². The van der Waals surface area contributed by atoms with Crippen LogP contribution < -0.4 is 9.80 Å². The highest BCUT2D eigenvalue weighted by atomic mass is 32.2. The van der Waals surface area contributed by atoms with E-state index in [2.05, 4.69) is 76.9 Å². The van der Waals surface area contributed by atoms with E-state index in [1.807, 2.05) is 6.26 Å². The van der Waals surface area contributed by atoms with Gasteiger partial charge in [0.15, 0.2) is 5.16 Å². The summed E-state index contributed by atoms with van der Waals surface area (Å²) >= 11 is 1.59. The summed E-state index contributed by atoms with van der Waals surface area (Å²) < 4.78 is 0. The Hall–Kier alpha value is -1.37. The molecule has 2 saturated heterocycles. The van der Waals surface area contributed by atoms with Gasteiger partial charge >= 0.3 is 0 Å². The Labute approximate surface area is 187 Å². The molecular weight excluding hydrogens is 392 g/mol. The Morgan fingerprint density at radius 2 is 1.23 bits per heavy atom. The van der Waals surface area contributed by atoms with Crippen LogP contribution in [0.2, 0.25) is 0 Å². The minimum atomic E-state index is -0.130. The van der Waals surface area contributed by atoms with Crippen molar-refractivity contribution in [2.75, 3.05) is 16.1 Å². The van der Waals surface area contributed by atoms with Crippen molar-refractivity contribution in [3.05, 3.63) is 0 Å². The molecule has 0 radical (unpaired) electrons. The van der Waals surface area contributed by atoms with Crippen LogP contribution in [0.5, 0.6) is 0 Å². The van der Waals surface area contributed by atoms with Crippen LogP contribution in [0.15, 0.2) is 10.1 Å². The lowest BCUT2D eigenvalue weighted by atomic mass is 9.77. The van der Waals surface area contributed by atoms with Crippen molar-refractivity contribution in [2.24, 2.45) is 4.99 Å². The number of piperidine rings is 2. The van der Waals surface area contributed by atoms with Gasteiger partial charge in [-0.1, -0.05) is 11.8 Å². The van der Waals surface area contributed by atoms with E-state index in [1.54, 1.807) is 11.8 Å². The smallest absolute Gasteiger partial charge is 0.232 e. The maximum absolute atomic E-state index is 5.13. The first-order valence-corrected chi connectivity index (χ1v) is 12.3. The van der Waals surface area contributed by atoms with Gasteiger partial charge in [-0.15, -0.1) is 0 Å². The summed E-state index contributed by atoms with van der Waals surface area (Å²) in [5, 5.41) is 0.780. The van der Waals surface area contributed by atoms with E-state index in [-0.39, 0.29) is 28.2 Å². The minimum Gasteiger partial charge on any atom is -0.330 e. The Balaban J connectivity index is 2.14. The second kappa shape index (κ2) is 7.64. The molecule has 3 heterocycles. The quantitative estimate of drug-likeness (QED) is 0.471. The molecule has 0 bridgehead atoms. The molecule has 0 aromatic carbocycles. The molecule has 0 atom stereocenters. The lowest BCUT2D eigenvalue weighted by molar-refractivity contribution is 0.215. The molecule has 7 heteroatoms. The van der Waals surface area contributed by atoms with Crippen molar-refractivity contribution in [3.63, 3.8) is 0 Å². The molecule has 0 spiro atoms. The number of nitrogens with zero attached hydrogens (tertiary/aromatic N) is 6. The molecule has 30 heavy (non-hydrogen) atoms. The van der Waals surface area contributed by atoms with Crippen LogP contribution in [-0.2, 0) is 0 Å². The average Bonchev–Trinajstić information content (AvgIpc) is 2.57. The van der Waals surface area contributed by atoms with Crippen LogP contribution in [-0.4, -0.2) is 56.1 Å². The number of anilines is 2. The second-order valence-corrected chi connectivity index (χ2v) is 12.2. The van der Waals surface area contributed by atoms with Crippen LogP contribution >= 0.6 is 11.8 Å². The fourth-order valence-electron chi connectivity index (χ4n) is 6.06. The lowest BCUT2D eigenvalue weighted by Gasteiger charge is -2.55. The van der Waals surface area contributed by atoms with Gasteiger partial charge in [0.1, 0.15) is 0 Å². The first kappa shape index (κ1) is 23.3. The second-order valence-electron chi connectivity index (χ2n) is 11.4. The number of hydrogen-bond acceptors (Lipinski definition) is 7. The molecule has 0 unspecified atom stereocenters. The number of rotatable bonds is 4. The van der Waals surface area contributed by atoms with Gasteiger partial charge in [0, 0.05) is 22.2 Å². The highest BCUT2D eigenvalue weighted by Gasteiger charge is 2.48. The van der Waals surface area contributed by atoms with Crippen molar-refractivity contribution in [1.29, 1.82) is 0 Å². The monoisotopic (exact) mass is 432 g/mol. The van der Waals surface area contributed by atoms with Gasteiger partial charge in [0.25, 0.3) is 0 Å². The van der Waals surface area contributed by atoms with Gasteiger partial charge in [0.2, 0.25) is 11.9 Å². The van der Waals surface area contributed by atoms with Gasteiger partial charge in [-0.2, -0.15) is 15.0 Å². The van der Waals surface area contributed by atoms with Gasteiger partial charge in [0.05, 0.1) is 6.04 Å². The fourth-order valence-corrected chi connectivity index (χ4v) is 6.41. The summed E-state index contributed by atoms with van der Waals surface area (Å²) in [5.41, 5.74) is -0.259. The SMILES string of the molecule is C=NC1CC(C)(C)N(c2nc(SC)nc(N3C(C)(C)CCCC3(C)C)n2)C(C)(C)C1. The van der Waals surface area contributed by atoms with Crippen molar-refractivity contribution in [2.45, 2.75) is 121 Å². The van der Waals surface area contributed by atoms with E-state index in [0.717, 1.165) is 42.7 Å². The fraction of sp³-hybridized carbons (Fsp3) is 0.826. The number of aromatic nitrogens is 3. The third-order valence-corrected chi connectivity index (χ3v) is 7.45. The largest absolute Gasteiger partial charge is 0.330 e. The number of aliphatic imine (C=N–C) groups is 1. The molecule has 1 aromatic rings. The predicted molar refractivity (Wildman–Crippen MR) is 129 cm³/mol. The maximum atomic E-state index is 5.13. The zero-order valence-corrected chi connectivity index (χ0v) is 21.2. The highest BCUT2D eigenvalue weighted by molar-refractivity contribution is 7.98. The van der Waals surface area contributed by atoms with Crippen LogP contribution in [0, 0.1) is 0 Å². The summed E-state index contributed by atoms with van der Waals surface area (Å²) in [6.07, 6.45) is 7.43. The van der Waals surface area contributed by atoms with Gasteiger partial charge in [-0.05, 0) is 100 Å². The van der Waals surface area contributed by atoms with E-state index in [4.69, 9.17) is 15.0 Å². The molecule has 3 rings (SSSR count). The maximum Gasteiger partial charge on any atom is 0.232 e. The van der Waals surface area contributed by atoms with Crippen molar-refractivity contribution in [3.8, 4) is 0 Å². The molecule has 2 aliphatic heterocycles. The standard InChI is InChI=1S/C23H40N6S/c1-20(2)12-11-13-21(3,4)28(20)17-25-18(27-19(26-17)30-10)29-22(5,6)14-16(24-9)15-23(29,7)8/h16H,9,11-15H2,1-8,10H3. The predicted octanol–water partition coefficient (Wildman–Crippen LogP) is 5.37. The average molecular weight is 433 g/mol. The molecule has 0 aliphatic carbocycles. The zero-order valence-electron chi connectivity index (χ0n) is 20.4. The summed E-state index contributed by atoms with van der Waals surface area (Å²) in [6.45, 7) is 22.1. The topological polar surface area (TPSA) is 57.5 Å². The van der Waals surface area contributed by atoms with E-state index in [1.165, 1.54) is 6.42 Å². The molecule has 0 amide bonds. The third kappa shape index (κ3) is 4.19. The summed E-state index contributed by atoms with van der Waals surface area (Å²) in [7, 11) is 0. The van der Waals surface area contributed by atoms with Crippen molar-refractivity contribution >= 4 is 30.4 Å². The molecule has 1 aromatic heterocycles. The van der Waals surface area contributed by atoms with E-state index < -0.39 is 0 Å². The Bertz CT molecular complexity index is 767. The zero-order chi connectivity index (χ0) is 22.5. The summed E-state index contributed by atoms with van der Waals surface area (Å²) in [4.78, 5) is 24.2. The highest BCUT2D eigenvalue weighted by Crippen LogP contribution is 2.44. The third-order valence-electron chi connectivity index (χ3n) is 6.90. The van der Waals surface area contributed by atoms with Crippen LogP contribution in [0.1, 0.15) is 87.5 Å². The molecule has 2 aliphatic rings. The summed E-state index contributed by atoms with van der Waals surface area (Å²) in [6, 6.07) is 0.257. The van der Waals surface area contributed by atoms with Gasteiger partial charge < -0.3 is 9.80 Å². The van der Waals surface area contributed by atoms with E-state index >= 15 is 0 Å². The Kier molecular flexibility index (Phi) is 5.94. The van der Waals surface area contributed by atoms with Crippen molar-refractivity contribution in [1.82, 2.24) is 15.0 Å². The molecule has 168 valence electrons. The van der Waals surface area contributed by atoms with Crippen LogP contribution in [0.25, 0.3) is 0 Å². The summed E-state index contributed by atoms with van der Waals surface area (Å²) in [5.74, 6) is 1.58. The molecule has 2 fully saturated rings. The lowest BCUT2D eigenvalue weighted by Crippen LogP contribution is -2.63. The van der Waals surface area contributed by atoms with E-state index in [0.29, 0.717) is 0 Å². The van der Waals surface area contributed by atoms with Gasteiger partial charge in [-0.25, -0.2) is 0 Å². The Morgan fingerprint density at radius 3 is 1.63 bits per heavy atom. The normalized spacial score (nSPS) is 25.2. The number of thioether (sulfide) groups is 1. The molecule has 0 N–H and O–H groups in total. The molecule has 6 nitrogen and oxygen atoms in total. The van der Waals surface area contributed by atoms with Crippen molar-refractivity contribution < 1.29 is 0 Å². The molecule has 0 saturated carbocycles. The van der Waals surface area contributed by atoms with E-state index in [9.17, 15) is 0 Å². The minimum absolute atomic E-state index is 0.000834. The molecular formula is C23H40N6S. The first-order chi connectivity index (χ1) is 13.7. The first-order valence-electron chi connectivity index (χ1n) is 11.1. The van der Waals surface area contributed by atoms with Crippen LogP contribution in [0.4, 0.5) is 11.9 Å². The number of hydrogen-bond donors (Lipinski definition) is 0.